The molecule has 0 aliphatic carbocycles. The van der Waals surface area contributed by atoms with Crippen LogP contribution < -0.4 is 25.8 Å². The summed E-state index contributed by atoms with van der Waals surface area (Å²) in [6.45, 7) is -0.476. The van der Waals surface area contributed by atoms with E-state index in [4.69, 9.17) is 21.6 Å². The zero-order chi connectivity index (χ0) is 21.9. The number of nitrogens with two attached hydrogens (primary N) is 1. The maximum atomic E-state index is 12.0. The number of ether oxygens (including phenoxy) is 2. The van der Waals surface area contributed by atoms with Crippen LogP contribution in [-0.4, -0.2) is 38.0 Å². The molecule has 2 aromatic rings. The van der Waals surface area contributed by atoms with Gasteiger partial charge in [0.1, 0.15) is 0 Å². The van der Waals surface area contributed by atoms with Gasteiger partial charge in [-0.3, -0.25) is 14.4 Å². The SMILES string of the molecule is C#Cc1cccc(NC(=O)CNC(=O)/C=C/c2ccc(OCC(N)=O)c(OC)c2)c1. The number of hydrogen-bond donors (Lipinski definition) is 3. The fourth-order valence-corrected chi connectivity index (χ4v) is 2.35. The summed E-state index contributed by atoms with van der Waals surface area (Å²) in [4.78, 5) is 34.7. The Labute approximate surface area is 174 Å². The molecule has 0 spiro atoms. The molecule has 0 aliphatic heterocycles. The van der Waals surface area contributed by atoms with Crippen molar-refractivity contribution < 1.29 is 23.9 Å². The van der Waals surface area contributed by atoms with Gasteiger partial charge in [0.25, 0.3) is 5.91 Å². The number of hydrogen-bond acceptors (Lipinski definition) is 5. The van der Waals surface area contributed by atoms with Gasteiger partial charge in [0, 0.05) is 17.3 Å². The first-order valence-corrected chi connectivity index (χ1v) is 8.83. The largest absolute Gasteiger partial charge is 0.493 e. The zero-order valence-electron chi connectivity index (χ0n) is 16.3. The Morgan fingerprint density at radius 3 is 2.67 bits per heavy atom. The molecule has 30 heavy (non-hydrogen) atoms. The van der Waals surface area contributed by atoms with E-state index in [1.54, 1.807) is 48.5 Å². The average Bonchev–Trinajstić information content (AvgIpc) is 2.75. The monoisotopic (exact) mass is 407 g/mol. The molecule has 0 aromatic heterocycles. The Kier molecular flexibility index (Phi) is 8.03. The minimum Gasteiger partial charge on any atom is -0.493 e. The molecule has 0 saturated heterocycles. The van der Waals surface area contributed by atoms with Crippen LogP contribution in [-0.2, 0) is 14.4 Å². The second kappa shape index (κ2) is 10.9. The van der Waals surface area contributed by atoms with E-state index in [2.05, 4.69) is 16.6 Å². The van der Waals surface area contributed by atoms with Gasteiger partial charge in [-0.05, 0) is 42.0 Å². The topological polar surface area (TPSA) is 120 Å². The first kappa shape index (κ1) is 22.0. The molecule has 3 amide bonds. The van der Waals surface area contributed by atoms with Crippen molar-refractivity contribution in [1.29, 1.82) is 0 Å². The van der Waals surface area contributed by atoms with Gasteiger partial charge in [-0.1, -0.05) is 18.1 Å². The number of carbonyl (C=O) groups excluding carboxylic acids is 3. The molecular formula is C22H21N3O5. The molecule has 0 fully saturated rings. The van der Waals surface area contributed by atoms with E-state index >= 15 is 0 Å². The number of amides is 3. The summed E-state index contributed by atoms with van der Waals surface area (Å²) in [5.41, 5.74) is 6.90. The van der Waals surface area contributed by atoms with Crippen LogP contribution in [0.5, 0.6) is 11.5 Å². The summed E-state index contributed by atoms with van der Waals surface area (Å²) in [6, 6.07) is 11.7. The number of nitrogens with one attached hydrogen (secondary N) is 2. The molecule has 0 radical (unpaired) electrons. The molecule has 0 atom stereocenters. The van der Waals surface area contributed by atoms with Crippen molar-refractivity contribution >= 4 is 29.5 Å². The van der Waals surface area contributed by atoms with Gasteiger partial charge in [0.2, 0.25) is 11.8 Å². The van der Waals surface area contributed by atoms with Crippen LogP contribution in [0.2, 0.25) is 0 Å². The lowest BCUT2D eigenvalue weighted by molar-refractivity contribution is -0.121. The fourth-order valence-electron chi connectivity index (χ4n) is 2.35. The number of primary amides is 1. The molecule has 0 heterocycles. The first-order valence-electron chi connectivity index (χ1n) is 8.83. The molecule has 8 nitrogen and oxygen atoms in total. The summed E-state index contributed by atoms with van der Waals surface area (Å²) in [5, 5.41) is 5.14. The van der Waals surface area contributed by atoms with E-state index in [9.17, 15) is 14.4 Å². The van der Waals surface area contributed by atoms with Crippen molar-refractivity contribution in [3.05, 3.63) is 59.7 Å². The minimum atomic E-state index is -0.606. The van der Waals surface area contributed by atoms with Gasteiger partial charge < -0.3 is 25.8 Å². The van der Waals surface area contributed by atoms with Crippen molar-refractivity contribution in [2.75, 3.05) is 25.6 Å². The van der Waals surface area contributed by atoms with Crippen molar-refractivity contribution in [3.8, 4) is 23.8 Å². The predicted octanol–water partition coefficient (Wildman–Crippen LogP) is 1.31. The molecular weight excluding hydrogens is 386 g/mol. The van der Waals surface area contributed by atoms with Crippen LogP contribution >= 0.6 is 0 Å². The van der Waals surface area contributed by atoms with E-state index in [1.165, 1.54) is 13.2 Å². The standard InChI is InChI=1S/C22H21N3O5/c1-3-15-5-4-6-17(11-15)25-22(28)13-24-21(27)10-8-16-7-9-18(19(12-16)29-2)30-14-20(23)26/h1,4-12H,13-14H2,2H3,(H2,23,26)(H,24,27)(H,25,28)/b10-8+. The lowest BCUT2D eigenvalue weighted by Gasteiger charge is -2.10. The molecule has 0 aliphatic rings. The van der Waals surface area contributed by atoms with E-state index in [0.29, 0.717) is 28.3 Å². The summed E-state index contributed by atoms with van der Waals surface area (Å²) < 4.78 is 10.4. The predicted molar refractivity (Wildman–Crippen MR) is 113 cm³/mol. The Balaban J connectivity index is 1.88. The number of methoxy groups -OCH3 is 1. The minimum absolute atomic E-state index is 0.202. The van der Waals surface area contributed by atoms with Crippen LogP contribution in [0.15, 0.2) is 48.5 Å². The van der Waals surface area contributed by atoms with E-state index < -0.39 is 11.8 Å². The van der Waals surface area contributed by atoms with Gasteiger partial charge in [-0.2, -0.15) is 0 Å². The molecule has 0 unspecified atom stereocenters. The van der Waals surface area contributed by atoms with Crippen molar-refractivity contribution in [2.45, 2.75) is 0 Å². The highest BCUT2D eigenvalue weighted by Gasteiger charge is 2.07. The summed E-state index contributed by atoms with van der Waals surface area (Å²) in [5.74, 6) is 1.77. The highest BCUT2D eigenvalue weighted by molar-refractivity contribution is 5.98. The maximum absolute atomic E-state index is 12.0. The summed E-state index contributed by atoms with van der Waals surface area (Å²) in [7, 11) is 1.45. The van der Waals surface area contributed by atoms with Crippen LogP contribution in [0.1, 0.15) is 11.1 Å². The smallest absolute Gasteiger partial charge is 0.255 e. The molecule has 8 heteroatoms. The highest BCUT2D eigenvalue weighted by Crippen LogP contribution is 2.28. The van der Waals surface area contributed by atoms with E-state index in [0.717, 1.165) is 0 Å². The van der Waals surface area contributed by atoms with Gasteiger partial charge >= 0.3 is 0 Å². The Morgan fingerprint density at radius 2 is 1.97 bits per heavy atom. The fraction of sp³-hybridized carbons (Fsp3) is 0.136. The molecule has 2 rings (SSSR count). The third kappa shape index (κ3) is 7.05. The first-order chi connectivity index (χ1) is 14.4. The lowest BCUT2D eigenvalue weighted by atomic mass is 10.2. The molecule has 4 N–H and O–H groups in total. The number of carbonyl (C=O) groups is 3. The van der Waals surface area contributed by atoms with Crippen molar-refractivity contribution in [3.63, 3.8) is 0 Å². The summed E-state index contributed by atoms with van der Waals surface area (Å²) >= 11 is 0. The van der Waals surface area contributed by atoms with Crippen LogP contribution in [0.4, 0.5) is 5.69 Å². The molecule has 0 bridgehead atoms. The molecule has 0 saturated carbocycles. The Hall–Kier alpha value is -4.25. The van der Waals surface area contributed by atoms with E-state index in [-0.39, 0.29) is 19.1 Å². The van der Waals surface area contributed by atoms with Crippen LogP contribution in [0, 0.1) is 12.3 Å². The Bertz CT molecular complexity index is 1010. The third-order valence-corrected chi connectivity index (χ3v) is 3.72. The van der Waals surface area contributed by atoms with Gasteiger partial charge in [-0.15, -0.1) is 6.42 Å². The van der Waals surface area contributed by atoms with Crippen molar-refractivity contribution in [1.82, 2.24) is 5.32 Å². The maximum Gasteiger partial charge on any atom is 0.255 e. The number of rotatable bonds is 9. The Morgan fingerprint density at radius 1 is 1.17 bits per heavy atom. The quantitative estimate of drug-likeness (QED) is 0.428. The van der Waals surface area contributed by atoms with Crippen LogP contribution in [0.25, 0.3) is 6.08 Å². The van der Waals surface area contributed by atoms with Gasteiger partial charge in [-0.25, -0.2) is 0 Å². The van der Waals surface area contributed by atoms with Crippen LogP contribution in [0.3, 0.4) is 0 Å². The average molecular weight is 407 g/mol. The lowest BCUT2D eigenvalue weighted by Crippen LogP contribution is -2.31. The second-order valence-electron chi connectivity index (χ2n) is 5.99. The zero-order valence-corrected chi connectivity index (χ0v) is 16.3. The number of benzene rings is 2. The van der Waals surface area contributed by atoms with E-state index in [1.807, 2.05) is 0 Å². The second-order valence-corrected chi connectivity index (χ2v) is 5.99. The third-order valence-electron chi connectivity index (χ3n) is 3.72. The van der Waals surface area contributed by atoms with Gasteiger partial charge in [0.05, 0.1) is 13.7 Å². The molecule has 2 aromatic carbocycles. The highest BCUT2D eigenvalue weighted by atomic mass is 16.5. The van der Waals surface area contributed by atoms with Crippen molar-refractivity contribution in [2.24, 2.45) is 5.73 Å². The van der Waals surface area contributed by atoms with Gasteiger partial charge in [0.15, 0.2) is 18.1 Å². The number of anilines is 1. The normalized spacial score (nSPS) is 10.1. The number of terminal acetylenes is 1. The summed E-state index contributed by atoms with van der Waals surface area (Å²) in [6.07, 6.45) is 8.15. The molecule has 154 valence electrons.